The van der Waals surface area contributed by atoms with Gasteiger partial charge in [-0.2, -0.15) is 13.2 Å². The van der Waals surface area contributed by atoms with E-state index in [9.17, 15) is 31.8 Å². The van der Waals surface area contributed by atoms with Gasteiger partial charge in [0.05, 0.1) is 35.7 Å². The largest absolute Gasteiger partial charge is 0.433 e. The van der Waals surface area contributed by atoms with Crippen LogP contribution < -0.4 is 4.90 Å². The average molecular weight is 500 g/mol. The standard InChI is InChI=1S/C21H24F3N5O4S/c1-20(2,11-31)13-6-14-15(7-16(13)34(3,32)33)29-5-4-28(9-17(29)26-14)19-25-8-12(10-30)18(27-19)21(22,23)24/h6-8,30-31H,4-5,9-11H2,1-3H3. The molecule has 0 amide bonds. The number of aromatic nitrogens is 4. The summed E-state index contributed by atoms with van der Waals surface area (Å²) in [6.45, 7) is 3.05. The van der Waals surface area contributed by atoms with Crippen LogP contribution in [0.25, 0.3) is 11.0 Å². The molecule has 34 heavy (non-hydrogen) atoms. The first kappa shape index (κ1) is 24.4. The van der Waals surface area contributed by atoms with Crippen molar-refractivity contribution in [3.8, 4) is 0 Å². The number of halogens is 3. The lowest BCUT2D eigenvalue weighted by Crippen LogP contribution is -2.35. The SMILES string of the molecule is CC(C)(CO)c1cc2nc3n(c2cc1S(C)(=O)=O)CCN(c1ncc(CO)c(C(F)(F)F)n1)C3. The maximum absolute atomic E-state index is 13.4. The van der Waals surface area contributed by atoms with E-state index in [-0.39, 0.29) is 30.5 Å². The number of hydrogen-bond donors (Lipinski definition) is 2. The molecule has 0 atom stereocenters. The second kappa shape index (κ2) is 8.17. The van der Waals surface area contributed by atoms with Crippen LogP contribution in [-0.2, 0) is 41.1 Å². The van der Waals surface area contributed by atoms with Crippen LogP contribution in [0.5, 0.6) is 0 Å². The number of hydrogen-bond acceptors (Lipinski definition) is 8. The number of benzene rings is 1. The van der Waals surface area contributed by atoms with E-state index in [1.165, 1.54) is 6.07 Å². The van der Waals surface area contributed by atoms with Gasteiger partial charge in [-0.05, 0) is 17.7 Å². The first-order chi connectivity index (χ1) is 15.8. The lowest BCUT2D eigenvalue weighted by molar-refractivity contribution is -0.142. The Morgan fingerprint density at radius 3 is 2.41 bits per heavy atom. The average Bonchev–Trinajstić information content (AvgIpc) is 3.13. The van der Waals surface area contributed by atoms with Crippen LogP contribution in [0.4, 0.5) is 19.1 Å². The number of alkyl halides is 3. The van der Waals surface area contributed by atoms with Crippen LogP contribution in [-0.4, -0.2) is 57.6 Å². The van der Waals surface area contributed by atoms with Gasteiger partial charge >= 0.3 is 6.18 Å². The van der Waals surface area contributed by atoms with Gasteiger partial charge in [-0.1, -0.05) is 13.8 Å². The highest BCUT2D eigenvalue weighted by Gasteiger charge is 2.37. The maximum atomic E-state index is 13.4. The van der Waals surface area contributed by atoms with Crippen LogP contribution in [0.2, 0.25) is 0 Å². The second-order valence-corrected chi connectivity index (χ2v) is 10.9. The Balaban J connectivity index is 1.78. The number of aliphatic hydroxyl groups is 2. The van der Waals surface area contributed by atoms with Crippen LogP contribution >= 0.6 is 0 Å². The third-order valence-electron chi connectivity index (χ3n) is 5.95. The molecule has 3 aromatic rings. The summed E-state index contributed by atoms with van der Waals surface area (Å²) in [4.78, 5) is 13.9. The highest BCUT2D eigenvalue weighted by Crippen LogP contribution is 2.35. The third kappa shape index (κ3) is 4.23. The molecule has 0 radical (unpaired) electrons. The molecule has 0 bridgehead atoms. The molecular formula is C21H24F3N5O4S. The smallest absolute Gasteiger partial charge is 0.395 e. The first-order valence-corrected chi connectivity index (χ1v) is 12.3. The van der Waals surface area contributed by atoms with Gasteiger partial charge in [0, 0.05) is 36.5 Å². The predicted molar refractivity (Wildman–Crippen MR) is 117 cm³/mol. The molecule has 9 nitrogen and oxygen atoms in total. The Labute approximate surface area is 193 Å². The Morgan fingerprint density at radius 1 is 1.12 bits per heavy atom. The summed E-state index contributed by atoms with van der Waals surface area (Å²) >= 11 is 0. The predicted octanol–water partition coefficient (Wildman–Crippen LogP) is 2.03. The number of nitrogens with zero attached hydrogens (tertiary/aromatic N) is 5. The summed E-state index contributed by atoms with van der Waals surface area (Å²) < 4.78 is 66.9. The van der Waals surface area contributed by atoms with Crippen molar-refractivity contribution in [1.82, 2.24) is 19.5 Å². The topological polar surface area (TPSA) is 121 Å². The molecule has 0 unspecified atom stereocenters. The summed E-state index contributed by atoms with van der Waals surface area (Å²) in [5, 5.41) is 19.0. The molecule has 0 aliphatic carbocycles. The minimum Gasteiger partial charge on any atom is -0.395 e. The molecule has 1 aromatic carbocycles. The van der Waals surface area contributed by atoms with E-state index in [0.29, 0.717) is 29.0 Å². The van der Waals surface area contributed by atoms with Crippen molar-refractivity contribution < 1.29 is 31.8 Å². The zero-order valence-electron chi connectivity index (χ0n) is 18.8. The fraction of sp³-hybridized carbons (Fsp3) is 0.476. The van der Waals surface area contributed by atoms with Crippen molar-refractivity contribution in [2.45, 2.75) is 50.0 Å². The molecule has 3 heterocycles. The van der Waals surface area contributed by atoms with Gasteiger partial charge < -0.3 is 19.7 Å². The van der Waals surface area contributed by atoms with Gasteiger partial charge in [-0.3, -0.25) is 0 Å². The number of anilines is 1. The Kier molecular flexibility index (Phi) is 5.85. The van der Waals surface area contributed by atoms with E-state index in [4.69, 9.17) is 0 Å². The molecule has 0 spiro atoms. The highest BCUT2D eigenvalue weighted by atomic mass is 32.2. The number of imidazole rings is 1. The molecule has 184 valence electrons. The van der Waals surface area contributed by atoms with Gasteiger partial charge in [-0.15, -0.1) is 0 Å². The van der Waals surface area contributed by atoms with E-state index in [0.717, 1.165) is 12.5 Å². The van der Waals surface area contributed by atoms with Crippen LogP contribution in [0, 0.1) is 0 Å². The minimum absolute atomic E-state index is 0.0990. The molecule has 13 heteroatoms. The number of aliphatic hydroxyl groups excluding tert-OH is 2. The second-order valence-electron chi connectivity index (χ2n) is 8.95. The van der Waals surface area contributed by atoms with Gasteiger partial charge in [0.1, 0.15) is 5.82 Å². The quantitative estimate of drug-likeness (QED) is 0.547. The summed E-state index contributed by atoms with van der Waals surface area (Å²) in [6.07, 6.45) is -2.67. The first-order valence-electron chi connectivity index (χ1n) is 10.4. The molecule has 4 rings (SSSR count). The minimum atomic E-state index is -4.74. The Morgan fingerprint density at radius 2 is 1.82 bits per heavy atom. The van der Waals surface area contributed by atoms with Gasteiger partial charge in [-0.25, -0.2) is 23.4 Å². The third-order valence-corrected chi connectivity index (χ3v) is 7.09. The van der Waals surface area contributed by atoms with E-state index in [2.05, 4.69) is 15.0 Å². The maximum Gasteiger partial charge on any atom is 0.433 e. The van der Waals surface area contributed by atoms with Crippen LogP contribution in [0.15, 0.2) is 23.2 Å². The lowest BCUT2D eigenvalue weighted by atomic mass is 9.85. The van der Waals surface area contributed by atoms with Crippen LogP contribution in [0.3, 0.4) is 0 Å². The molecule has 0 fully saturated rings. The molecule has 1 aliphatic rings. The molecule has 2 aromatic heterocycles. The summed E-state index contributed by atoms with van der Waals surface area (Å²) in [7, 11) is -3.61. The van der Waals surface area contributed by atoms with Crippen molar-refractivity contribution in [2.24, 2.45) is 0 Å². The zero-order valence-corrected chi connectivity index (χ0v) is 19.6. The Hall–Kier alpha value is -2.77. The molecule has 0 saturated carbocycles. The number of rotatable bonds is 5. The molecule has 0 saturated heterocycles. The van der Waals surface area contributed by atoms with Crippen molar-refractivity contribution in [2.75, 3.05) is 24.3 Å². The summed E-state index contributed by atoms with van der Waals surface area (Å²) in [5.74, 6) is 0.379. The van der Waals surface area contributed by atoms with E-state index < -0.39 is 39.3 Å². The number of fused-ring (bicyclic) bond motifs is 3. The van der Waals surface area contributed by atoms with Crippen molar-refractivity contribution in [3.05, 3.63) is 41.0 Å². The fourth-order valence-electron chi connectivity index (χ4n) is 4.05. The normalized spacial score (nSPS) is 15.1. The van der Waals surface area contributed by atoms with Crippen molar-refractivity contribution in [3.63, 3.8) is 0 Å². The zero-order chi connectivity index (χ0) is 25.1. The number of sulfone groups is 1. The molecule has 2 N–H and O–H groups in total. The monoisotopic (exact) mass is 499 g/mol. The van der Waals surface area contributed by atoms with Gasteiger partial charge in [0.2, 0.25) is 5.95 Å². The highest BCUT2D eigenvalue weighted by molar-refractivity contribution is 7.90. The lowest BCUT2D eigenvalue weighted by Gasteiger charge is -2.28. The van der Waals surface area contributed by atoms with Crippen molar-refractivity contribution >= 4 is 26.8 Å². The van der Waals surface area contributed by atoms with E-state index in [1.807, 2.05) is 4.57 Å². The van der Waals surface area contributed by atoms with Gasteiger partial charge in [0.15, 0.2) is 15.5 Å². The van der Waals surface area contributed by atoms with E-state index in [1.54, 1.807) is 24.8 Å². The van der Waals surface area contributed by atoms with E-state index >= 15 is 0 Å². The summed E-state index contributed by atoms with van der Waals surface area (Å²) in [6, 6.07) is 3.18. The van der Waals surface area contributed by atoms with Gasteiger partial charge in [0.25, 0.3) is 0 Å². The molecule has 1 aliphatic heterocycles. The Bertz CT molecular complexity index is 1370. The fourth-order valence-corrected chi connectivity index (χ4v) is 5.11. The van der Waals surface area contributed by atoms with Crippen LogP contribution in [0.1, 0.15) is 36.5 Å². The summed E-state index contributed by atoms with van der Waals surface area (Å²) in [5.41, 5.74) is -0.886. The molecular weight excluding hydrogens is 475 g/mol. The van der Waals surface area contributed by atoms with Crippen molar-refractivity contribution in [1.29, 1.82) is 0 Å².